The molecule has 2 heteroatoms. The first kappa shape index (κ1) is 8.52. The third-order valence-corrected chi connectivity index (χ3v) is 3.39. The smallest absolute Gasteiger partial charge is 0.00955 e. The Morgan fingerprint density at radius 1 is 1.25 bits per heavy atom. The molecule has 2 fully saturated rings. The van der Waals surface area contributed by atoms with Gasteiger partial charge in [0.1, 0.15) is 0 Å². The van der Waals surface area contributed by atoms with Crippen LogP contribution in [0.2, 0.25) is 0 Å². The molecule has 1 aliphatic carbocycles. The van der Waals surface area contributed by atoms with Crippen LogP contribution in [0.5, 0.6) is 0 Å². The molecule has 0 aromatic heterocycles. The van der Waals surface area contributed by atoms with E-state index in [1.54, 1.807) is 0 Å². The fourth-order valence-corrected chi connectivity index (χ4v) is 2.25. The molecule has 1 heterocycles. The molecule has 1 aliphatic heterocycles. The molecule has 0 unspecified atom stereocenters. The first-order chi connectivity index (χ1) is 5.90. The van der Waals surface area contributed by atoms with E-state index < -0.39 is 0 Å². The summed E-state index contributed by atoms with van der Waals surface area (Å²) < 4.78 is 0. The lowest BCUT2D eigenvalue weighted by Crippen LogP contribution is -2.54. The van der Waals surface area contributed by atoms with Gasteiger partial charge in [0.05, 0.1) is 0 Å². The van der Waals surface area contributed by atoms with Gasteiger partial charge >= 0.3 is 0 Å². The Balaban J connectivity index is 1.57. The highest BCUT2D eigenvalue weighted by atomic mass is 15.2. The van der Waals surface area contributed by atoms with Crippen LogP contribution in [0.15, 0.2) is 0 Å². The summed E-state index contributed by atoms with van der Waals surface area (Å²) in [4.78, 5) is 2.66. The van der Waals surface area contributed by atoms with E-state index in [0.29, 0.717) is 0 Å². The predicted octanol–water partition coefficient (Wildman–Crippen LogP) is 1.21. The molecule has 0 aromatic rings. The van der Waals surface area contributed by atoms with Crippen molar-refractivity contribution in [2.24, 2.45) is 11.7 Å². The summed E-state index contributed by atoms with van der Waals surface area (Å²) >= 11 is 0. The lowest BCUT2D eigenvalue weighted by atomic mass is 9.85. The van der Waals surface area contributed by atoms with Crippen molar-refractivity contribution in [2.45, 2.75) is 38.1 Å². The summed E-state index contributed by atoms with van der Waals surface area (Å²) in [6.07, 6.45) is 6.98. The van der Waals surface area contributed by atoms with Crippen molar-refractivity contribution in [1.29, 1.82) is 0 Å². The molecule has 0 amide bonds. The zero-order chi connectivity index (χ0) is 8.39. The molecule has 1 saturated heterocycles. The number of nitrogens with two attached hydrogens (primary N) is 1. The van der Waals surface area contributed by atoms with E-state index in [0.717, 1.165) is 18.5 Å². The summed E-state index contributed by atoms with van der Waals surface area (Å²) in [5.41, 5.74) is 5.47. The lowest BCUT2D eigenvalue weighted by molar-refractivity contribution is 0.0130. The normalized spacial score (nSPS) is 26.8. The van der Waals surface area contributed by atoms with Crippen LogP contribution in [0.4, 0.5) is 0 Å². The molecule has 0 radical (unpaired) electrons. The maximum Gasteiger partial charge on any atom is 0.00955 e. The van der Waals surface area contributed by atoms with Crippen molar-refractivity contribution in [2.75, 3.05) is 19.6 Å². The number of rotatable bonds is 4. The van der Waals surface area contributed by atoms with Crippen LogP contribution in [-0.4, -0.2) is 30.6 Å². The summed E-state index contributed by atoms with van der Waals surface area (Å²) in [5, 5.41) is 0. The quantitative estimate of drug-likeness (QED) is 0.683. The maximum absolute atomic E-state index is 5.47. The van der Waals surface area contributed by atoms with Gasteiger partial charge in [-0.25, -0.2) is 0 Å². The van der Waals surface area contributed by atoms with Gasteiger partial charge in [0.2, 0.25) is 0 Å². The molecule has 70 valence electrons. The molecular weight excluding hydrogens is 148 g/mol. The summed E-state index contributed by atoms with van der Waals surface area (Å²) in [7, 11) is 0. The van der Waals surface area contributed by atoms with Crippen LogP contribution in [0.3, 0.4) is 0 Å². The number of hydrogen-bond donors (Lipinski definition) is 1. The maximum atomic E-state index is 5.47. The number of likely N-dealkylation sites (tertiary alicyclic amines) is 1. The third kappa shape index (κ3) is 1.64. The molecule has 2 N–H and O–H groups in total. The van der Waals surface area contributed by atoms with Crippen molar-refractivity contribution >= 4 is 0 Å². The molecule has 2 nitrogen and oxygen atoms in total. The molecule has 0 aromatic carbocycles. The van der Waals surface area contributed by atoms with Crippen molar-refractivity contribution in [3.8, 4) is 0 Å². The molecule has 2 aliphatic rings. The average Bonchev–Trinajstić information content (AvgIpc) is 1.89. The van der Waals surface area contributed by atoms with Crippen LogP contribution < -0.4 is 5.73 Å². The molecule has 12 heavy (non-hydrogen) atoms. The van der Waals surface area contributed by atoms with Crippen LogP contribution in [0.25, 0.3) is 0 Å². The van der Waals surface area contributed by atoms with Crippen LogP contribution in [-0.2, 0) is 0 Å². The van der Waals surface area contributed by atoms with Gasteiger partial charge in [-0.15, -0.1) is 0 Å². The minimum absolute atomic E-state index is 0.875. The van der Waals surface area contributed by atoms with E-state index in [2.05, 4.69) is 4.90 Å². The Bertz CT molecular complexity index is 137. The fraction of sp³-hybridized carbons (Fsp3) is 1.00. The Hall–Kier alpha value is -0.0800. The van der Waals surface area contributed by atoms with E-state index in [4.69, 9.17) is 5.73 Å². The molecule has 0 atom stereocenters. The monoisotopic (exact) mass is 168 g/mol. The van der Waals surface area contributed by atoms with E-state index in [-0.39, 0.29) is 0 Å². The highest BCUT2D eigenvalue weighted by Crippen LogP contribution is 2.31. The largest absolute Gasteiger partial charge is 0.330 e. The van der Waals surface area contributed by atoms with Gasteiger partial charge in [-0.05, 0) is 38.1 Å². The van der Waals surface area contributed by atoms with Gasteiger partial charge in [0, 0.05) is 19.1 Å². The SMILES string of the molecule is NCCCC1CN(C2CCC2)C1. The topological polar surface area (TPSA) is 29.3 Å². The Kier molecular flexibility index (Phi) is 2.66. The van der Waals surface area contributed by atoms with Gasteiger partial charge in [0.25, 0.3) is 0 Å². The van der Waals surface area contributed by atoms with Crippen molar-refractivity contribution in [3.63, 3.8) is 0 Å². The lowest BCUT2D eigenvalue weighted by Gasteiger charge is -2.48. The first-order valence-corrected chi connectivity index (χ1v) is 5.34. The Morgan fingerprint density at radius 2 is 2.00 bits per heavy atom. The second kappa shape index (κ2) is 3.75. The van der Waals surface area contributed by atoms with Crippen molar-refractivity contribution in [1.82, 2.24) is 4.90 Å². The van der Waals surface area contributed by atoms with E-state index in [9.17, 15) is 0 Å². The second-order valence-corrected chi connectivity index (χ2v) is 4.34. The molecule has 2 rings (SSSR count). The predicted molar refractivity (Wildman–Crippen MR) is 51.0 cm³/mol. The van der Waals surface area contributed by atoms with Gasteiger partial charge in [-0.2, -0.15) is 0 Å². The minimum atomic E-state index is 0.875. The van der Waals surface area contributed by atoms with Gasteiger partial charge in [-0.3, -0.25) is 4.90 Å². The molecule has 0 spiro atoms. The number of hydrogen-bond acceptors (Lipinski definition) is 2. The second-order valence-electron chi connectivity index (χ2n) is 4.34. The third-order valence-electron chi connectivity index (χ3n) is 3.39. The molecular formula is C10H20N2. The Morgan fingerprint density at radius 3 is 2.50 bits per heavy atom. The summed E-state index contributed by atoms with van der Waals surface area (Å²) in [5.74, 6) is 0.981. The minimum Gasteiger partial charge on any atom is -0.330 e. The summed E-state index contributed by atoms with van der Waals surface area (Å²) in [6.45, 7) is 3.61. The number of nitrogens with zero attached hydrogens (tertiary/aromatic N) is 1. The highest BCUT2D eigenvalue weighted by molar-refractivity contribution is 4.89. The van der Waals surface area contributed by atoms with Crippen LogP contribution in [0.1, 0.15) is 32.1 Å². The fourth-order valence-electron chi connectivity index (χ4n) is 2.25. The van der Waals surface area contributed by atoms with Crippen molar-refractivity contribution < 1.29 is 0 Å². The van der Waals surface area contributed by atoms with E-state index in [1.165, 1.54) is 45.2 Å². The van der Waals surface area contributed by atoms with Crippen LogP contribution >= 0.6 is 0 Å². The first-order valence-electron chi connectivity index (χ1n) is 5.34. The van der Waals surface area contributed by atoms with Crippen LogP contribution in [0, 0.1) is 5.92 Å². The molecule has 0 bridgehead atoms. The average molecular weight is 168 g/mol. The van der Waals surface area contributed by atoms with Crippen molar-refractivity contribution in [3.05, 3.63) is 0 Å². The van der Waals surface area contributed by atoms with Gasteiger partial charge < -0.3 is 5.73 Å². The van der Waals surface area contributed by atoms with E-state index >= 15 is 0 Å². The van der Waals surface area contributed by atoms with Gasteiger partial charge in [-0.1, -0.05) is 6.42 Å². The highest BCUT2D eigenvalue weighted by Gasteiger charge is 2.34. The van der Waals surface area contributed by atoms with E-state index in [1.807, 2.05) is 0 Å². The zero-order valence-corrected chi connectivity index (χ0v) is 7.84. The summed E-state index contributed by atoms with van der Waals surface area (Å²) in [6, 6.07) is 0.971. The zero-order valence-electron chi connectivity index (χ0n) is 7.84. The molecule has 1 saturated carbocycles. The van der Waals surface area contributed by atoms with Gasteiger partial charge in [0.15, 0.2) is 0 Å². The Labute approximate surface area is 75.1 Å². The standard InChI is InChI=1S/C10H20N2/c11-6-2-3-9-7-12(8-9)10-4-1-5-10/h9-10H,1-8,11H2.